The molecule has 7 nitrogen and oxygen atoms in total. The molecule has 0 radical (unpaired) electrons. The van der Waals surface area contributed by atoms with Crippen molar-refractivity contribution in [3.05, 3.63) is 53.7 Å². The van der Waals surface area contributed by atoms with E-state index in [4.69, 9.17) is 0 Å². The molecule has 4 rings (SSSR count). The summed E-state index contributed by atoms with van der Waals surface area (Å²) in [6.45, 7) is 4.20. The molecule has 1 aliphatic heterocycles. The standard InChI is InChI=1S/C23H25F3N6OS/c1-31(13-14-32-11-3-2-4-12-32)18-9-10-27-19(15-18)20-28-22(34-30-20)29-21(33)16-5-7-17(8-6-16)23(24,25)26/h5-10,15H,2-4,11-14H2,1H3,(H,28,29,30,33). The highest BCUT2D eigenvalue weighted by atomic mass is 32.1. The maximum absolute atomic E-state index is 12.7. The summed E-state index contributed by atoms with van der Waals surface area (Å²) < 4.78 is 42.4. The van der Waals surface area contributed by atoms with Crippen LogP contribution < -0.4 is 10.2 Å². The van der Waals surface area contributed by atoms with Crippen molar-refractivity contribution in [1.29, 1.82) is 0 Å². The van der Waals surface area contributed by atoms with E-state index in [0.29, 0.717) is 11.5 Å². The number of aromatic nitrogens is 3. The van der Waals surface area contributed by atoms with Crippen molar-refractivity contribution in [2.24, 2.45) is 0 Å². The fraction of sp³-hybridized carbons (Fsp3) is 0.391. The molecule has 34 heavy (non-hydrogen) atoms. The lowest BCUT2D eigenvalue weighted by Gasteiger charge is -2.29. The summed E-state index contributed by atoms with van der Waals surface area (Å²) in [5, 5.41) is 2.82. The number of nitrogens with zero attached hydrogens (tertiary/aromatic N) is 5. The summed E-state index contributed by atoms with van der Waals surface area (Å²) in [5.41, 5.74) is 0.857. The van der Waals surface area contributed by atoms with Gasteiger partial charge in [-0.1, -0.05) is 6.42 Å². The van der Waals surface area contributed by atoms with Crippen LogP contribution in [0.1, 0.15) is 35.2 Å². The number of carbonyl (C=O) groups is 1. The smallest absolute Gasteiger partial charge is 0.373 e. The molecule has 0 bridgehead atoms. The number of anilines is 2. The molecule has 0 aliphatic carbocycles. The van der Waals surface area contributed by atoms with E-state index in [1.807, 2.05) is 19.2 Å². The average molecular weight is 491 g/mol. The van der Waals surface area contributed by atoms with Crippen molar-refractivity contribution in [1.82, 2.24) is 19.2 Å². The average Bonchev–Trinajstić information content (AvgIpc) is 3.31. The molecular formula is C23H25F3N6OS. The molecule has 2 aromatic heterocycles. The van der Waals surface area contributed by atoms with Crippen molar-refractivity contribution in [2.75, 3.05) is 43.4 Å². The largest absolute Gasteiger partial charge is 0.416 e. The molecule has 11 heteroatoms. The number of likely N-dealkylation sites (tertiary alicyclic amines) is 1. The number of pyridine rings is 1. The molecule has 1 N–H and O–H groups in total. The third-order valence-corrected chi connectivity index (χ3v) is 6.37. The Morgan fingerprint density at radius 3 is 2.59 bits per heavy atom. The van der Waals surface area contributed by atoms with Crippen molar-refractivity contribution in [3.8, 4) is 11.5 Å². The predicted molar refractivity (Wildman–Crippen MR) is 126 cm³/mol. The van der Waals surface area contributed by atoms with E-state index in [0.717, 1.165) is 67.7 Å². The number of rotatable bonds is 7. The topological polar surface area (TPSA) is 74.2 Å². The number of carbonyl (C=O) groups excluding carboxylic acids is 1. The first kappa shape index (κ1) is 24.1. The van der Waals surface area contributed by atoms with Crippen LogP contribution in [0.5, 0.6) is 0 Å². The second-order valence-corrected chi connectivity index (χ2v) is 8.93. The second kappa shape index (κ2) is 10.5. The van der Waals surface area contributed by atoms with Gasteiger partial charge in [-0.2, -0.15) is 22.5 Å². The molecular weight excluding hydrogens is 465 g/mol. The Bertz CT molecular complexity index is 1110. The molecule has 0 saturated carbocycles. The van der Waals surface area contributed by atoms with E-state index >= 15 is 0 Å². The van der Waals surface area contributed by atoms with Gasteiger partial charge in [-0.05, 0) is 62.3 Å². The zero-order valence-electron chi connectivity index (χ0n) is 18.7. The summed E-state index contributed by atoms with van der Waals surface area (Å²) in [6.07, 6.45) is 1.08. The van der Waals surface area contributed by atoms with Crippen LogP contribution in [0.2, 0.25) is 0 Å². The van der Waals surface area contributed by atoms with E-state index in [1.165, 1.54) is 19.3 Å². The minimum Gasteiger partial charge on any atom is -0.373 e. The Labute approximate surface area is 199 Å². The molecule has 3 heterocycles. The van der Waals surface area contributed by atoms with Gasteiger partial charge in [0, 0.05) is 49.1 Å². The number of piperidine rings is 1. The van der Waals surface area contributed by atoms with E-state index in [2.05, 4.69) is 29.5 Å². The van der Waals surface area contributed by atoms with Crippen LogP contribution in [0.15, 0.2) is 42.6 Å². The highest BCUT2D eigenvalue weighted by Crippen LogP contribution is 2.29. The van der Waals surface area contributed by atoms with Gasteiger partial charge in [-0.3, -0.25) is 15.1 Å². The van der Waals surface area contributed by atoms with Gasteiger partial charge in [0.1, 0.15) is 5.69 Å². The van der Waals surface area contributed by atoms with Gasteiger partial charge >= 0.3 is 6.18 Å². The summed E-state index contributed by atoms with van der Waals surface area (Å²) >= 11 is 0.985. The Balaban J connectivity index is 1.38. The maximum atomic E-state index is 12.7. The Kier molecular flexibility index (Phi) is 7.42. The fourth-order valence-corrected chi connectivity index (χ4v) is 4.31. The molecule has 0 spiro atoms. The number of alkyl halides is 3. The second-order valence-electron chi connectivity index (χ2n) is 8.18. The van der Waals surface area contributed by atoms with Gasteiger partial charge in [0.2, 0.25) is 5.13 Å². The van der Waals surface area contributed by atoms with Crippen LogP contribution in [-0.4, -0.2) is 58.4 Å². The van der Waals surface area contributed by atoms with Gasteiger partial charge in [-0.25, -0.2) is 0 Å². The number of likely N-dealkylation sites (N-methyl/N-ethyl adjacent to an activating group) is 1. The third kappa shape index (κ3) is 6.09. The lowest BCUT2D eigenvalue weighted by Crippen LogP contribution is -2.36. The fourth-order valence-electron chi connectivity index (χ4n) is 3.74. The Morgan fingerprint density at radius 2 is 1.88 bits per heavy atom. The van der Waals surface area contributed by atoms with E-state index in [1.54, 1.807) is 6.20 Å². The highest BCUT2D eigenvalue weighted by Gasteiger charge is 2.30. The van der Waals surface area contributed by atoms with Crippen molar-refractivity contribution in [2.45, 2.75) is 25.4 Å². The van der Waals surface area contributed by atoms with Crippen LogP contribution in [0.25, 0.3) is 11.5 Å². The SMILES string of the molecule is CN(CCN1CCCCC1)c1ccnc(-c2nsc(NC(=O)c3ccc(C(F)(F)F)cc3)n2)c1. The first-order chi connectivity index (χ1) is 16.3. The predicted octanol–water partition coefficient (Wildman–Crippen LogP) is 4.79. The van der Waals surface area contributed by atoms with Crippen molar-refractivity contribution >= 4 is 28.3 Å². The summed E-state index contributed by atoms with van der Waals surface area (Å²) in [7, 11) is 2.03. The molecule has 1 fully saturated rings. The van der Waals surface area contributed by atoms with E-state index in [9.17, 15) is 18.0 Å². The van der Waals surface area contributed by atoms with Crippen molar-refractivity contribution < 1.29 is 18.0 Å². The minimum absolute atomic E-state index is 0.0974. The number of hydrogen-bond acceptors (Lipinski definition) is 7. The van der Waals surface area contributed by atoms with Gasteiger partial charge in [0.15, 0.2) is 5.82 Å². The van der Waals surface area contributed by atoms with E-state index < -0.39 is 17.6 Å². The highest BCUT2D eigenvalue weighted by molar-refractivity contribution is 7.10. The Morgan fingerprint density at radius 1 is 1.15 bits per heavy atom. The summed E-state index contributed by atoms with van der Waals surface area (Å²) in [6, 6.07) is 7.84. The number of amides is 1. The van der Waals surface area contributed by atoms with Gasteiger partial charge < -0.3 is 9.80 Å². The Hall–Kier alpha value is -3.05. The monoisotopic (exact) mass is 490 g/mol. The molecule has 180 valence electrons. The first-order valence-electron chi connectivity index (χ1n) is 11.0. The van der Waals surface area contributed by atoms with Crippen LogP contribution in [0.3, 0.4) is 0 Å². The molecule has 1 saturated heterocycles. The van der Waals surface area contributed by atoms with Crippen LogP contribution in [-0.2, 0) is 6.18 Å². The lowest BCUT2D eigenvalue weighted by atomic mass is 10.1. The van der Waals surface area contributed by atoms with Crippen LogP contribution in [0.4, 0.5) is 24.0 Å². The van der Waals surface area contributed by atoms with Gasteiger partial charge in [0.25, 0.3) is 5.91 Å². The molecule has 0 unspecified atom stereocenters. The summed E-state index contributed by atoms with van der Waals surface area (Å²) in [4.78, 5) is 25.7. The third-order valence-electron chi connectivity index (χ3n) is 5.73. The number of benzene rings is 1. The molecule has 1 aromatic carbocycles. The maximum Gasteiger partial charge on any atom is 0.416 e. The number of nitrogens with one attached hydrogen (secondary N) is 1. The zero-order valence-corrected chi connectivity index (χ0v) is 19.5. The van der Waals surface area contributed by atoms with E-state index in [-0.39, 0.29) is 10.7 Å². The summed E-state index contributed by atoms with van der Waals surface area (Å²) in [5.74, 6) is -0.186. The lowest BCUT2D eigenvalue weighted by molar-refractivity contribution is -0.137. The molecule has 0 atom stereocenters. The quantitative estimate of drug-likeness (QED) is 0.513. The first-order valence-corrected chi connectivity index (χ1v) is 11.8. The van der Waals surface area contributed by atoms with Gasteiger partial charge in [-0.15, -0.1) is 0 Å². The minimum atomic E-state index is -4.45. The molecule has 3 aromatic rings. The number of hydrogen-bond donors (Lipinski definition) is 1. The van der Waals surface area contributed by atoms with Crippen molar-refractivity contribution in [3.63, 3.8) is 0 Å². The molecule has 1 aliphatic rings. The van der Waals surface area contributed by atoms with Crippen LogP contribution >= 0.6 is 11.5 Å². The normalized spacial score (nSPS) is 14.7. The zero-order chi connectivity index (χ0) is 24.1. The van der Waals surface area contributed by atoms with Crippen LogP contribution in [0, 0.1) is 0 Å². The van der Waals surface area contributed by atoms with Gasteiger partial charge in [0.05, 0.1) is 5.56 Å². The molecule has 1 amide bonds. The number of halogens is 3.